The number of esters is 2. The van der Waals surface area contributed by atoms with E-state index in [9.17, 15) is 14.4 Å². The number of carbonyl (C=O) groups excluding carboxylic acids is 3. The predicted octanol–water partition coefficient (Wildman–Crippen LogP) is 3.14. The molecule has 2 aromatic rings. The topological polar surface area (TPSA) is 82.8 Å². The Kier molecular flexibility index (Phi) is 5.70. The fourth-order valence-corrected chi connectivity index (χ4v) is 2.71. The molecule has 0 saturated carbocycles. The van der Waals surface area contributed by atoms with Gasteiger partial charge < -0.3 is 13.9 Å². The van der Waals surface area contributed by atoms with Gasteiger partial charge in [-0.1, -0.05) is 0 Å². The van der Waals surface area contributed by atoms with Crippen molar-refractivity contribution in [2.45, 2.75) is 26.4 Å². The average Bonchev–Trinajstić information content (AvgIpc) is 3.18. The molecule has 0 N–H and O–H groups in total. The van der Waals surface area contributed by atoms with E-state index in [0.29, 0.717) is 10.4 Å². The Morgan fingerprint density at radius 3 is 2.61 bits per heavy atom. The van der Waals surface area contributed by atoms with Gasteiger partial charge in [0.2, 0.25) is 5.76 Å². The van der Waals surface area contributed by atoms with Crippen molar-refractivity contribution < 1.29 is 28.3 Å². The number of Topliss-reactive ketones (excluding diaryl/α,β-unsaturated/α-hetero) is 1. The Hall–Kier alpha value is -2.41. The van der Waals surface area contributed by atoms with Gasteiger partial charge in [0, 0.05) is 16.9 Å². The van der Waals surface area contributed by atoms with Crippen LogP contribution in [0.15, 0.2) is 28.9 Å². The van der Waals surface area contributed by atoms with Gasteiger partial charge in [-0.25, -0.2) is 4.79 Å². The smallest absolute Gasteiger partial charge is 0.374 e. The standard InChI is InChI=1S/C16H16O6S/c1-10-3-5-13(23-10)12(17)4-6-14(18)22-9-11-7-8-21-15(11)16(19)20-2/h3,5,7-8H,4,6,9H2,1-2H3. The summed E-state index contributed by atoms with van der Waals surface area (Å²) in [6.07, 6.45) is 1.40. The summed E-state index contributed by atoms with van der Waals surface area (Å²) in [6, 6.07) is 5.14. The Morgan fingerprint density at radius 2 is 1.96 bits per heavy atom. The predicted molar refractivity (Wildman–Crippen MR) is 82.5 cm³/mol. The first-order chi connectivity index (χ1) is 11.0. The lowest BCUT2D eigenvalue weighted by Gasteiger charge is -2.04. The molecule has 0 aromatic carbocycles. The van der Waals surface area contributed by atoms with Crippen molar-refractivity contribution in [1.82, 2.24) is 0 Å². The van der Waals surface area contributed by atoms with E-state index in [-0.39, 0.29) is 31.0 Å². The molecule has 0 spiro atoms. The van der Waals surface area contributed by atoms with Crippen LogP contribution in [0.5, 0.6) is 0 Å². The van der Waals surface area contributed by atoms with E-state index < -0.39 is 11.9 Å². The molecule has 122 valence electrons. The van der Waals surface area contributed by atoms with Gasteiger partial charge in [-0.05, 0) is 25.1 Å². The number of hydrogen-bond acceptors (Lipinski definition) is 7. The minimum Gasteiger partial charge on any atom is -0.463 e. The van der Waals surface area contributed by atoms with Gasteiger partial charge in [0.1, 0.15) is 6.61 Å². The number of ketones is 1. The summed E-state index contributed by atoms with van der Waals surface area (Å²) in [6.45, 7) is 1.81. The molecule has 7 heteroatoms. The number of ether oxygens (including phenoxy) is 2. The van der Waals surface area contributed by atoms with Crippen LogP contribution in [0.2, 0.25) is 0 Å². The highest BCUT2D eigenvalue weighted by atomic mass is 32.1. The van der Waals surface area contributed by atoms with Crippen molar-refractivity contribution in [3.8, 4) is 0 Å². The second-order valence-corrected chi connectivity index (χ2v) is 6.05. The van der Waals surface area contributed by atoms with Crippen LogP contribution in [0.25, 0.3) is 0 Å². The normalized spacial score (nSPS) is 10.3. The lowest BCUT2D eigenvalue weighted by atomic mass is 10.2. The molecule has 2 aromatic heterocycles. The van der Waals surface area contributed by atoms with Gasteiger partial charge in [-0.2, -0.15) is 0 Å². The highest BCUT2D eigenvalue weighted by Crippen LogP contribution is 2.18. The van der Waals surface area contributed by atoms with Crippen LogP contribution < -0.4 is 0 Å². The van der Waals surface area contributed by atoms with Crippen molar-refractivity contribution in [2.75, 3.05) is 7.11 Å². The molecule has 0 unspecified atom stereocenters. The molecule has 23 heavy (non-hydrogen) atoms. The second-order valence-electron chi connectivity index (χ2n) is 4.76. The summed E-state index contributed by atoms with van der Waals surface area (Å²) in [4.78, 5) is 36.7. The van der Waals surface area contributed by atoms with Gasteiger partial charge >= 0.3 is 11.9 Å². The summed E-state index contributed by atoms with van der Waals surface area (Å²) in [7, 11) is 1.23. The summed E-state index contributed by atoms with van der Waals surface area (Å²) in [5, 5.41) is 0. The highest BCUT2D eigenvalue weighted by molar-refractivity contribution is 7.14. The first kappa shape index (κ1) is 17.0. The summed E-state index contributed by atoms with van der Waals surface area (Å²) in [5.41, 5.74) is 0.422. The quantitative estimate of drug-likeness (QED) is 0.570. The maximum absolute atomic E-state index is 11.9. The zero-order chi connectivity index (χ0) is 16.8. The van der Waals surface area contributed by atoms with Crippen molar-refractivity contribution >= 4 is 29.1 Å². The summed E-state index contributed by atoms with van der Waals surface area (Å²) < 4.78 is 14.6. The molecular formula is C16H16O6S. The molecule has 0 aliphatic carbocycles. The third kappa shape index (κ3) is 4.53. The molecule has 0 fully saturated rings. The van der Waals surface area contributed by atoms with Crippen LogP contribution in [0.3, 0.4) is 0 Å². The van der Waals surface area contributed by atoms with Gasteiger partial charge in [-0.3, -0.25) is 9.59 Å². The zero-order valence-corrected chi connectivity index (χ0v) is 13.6. The minimum atomic E-state index is -0.635. The molecule has 2 heterocycles. The fraction of sp³-hybridized carbons (Fsp3) is 0.312. The van der Waals surface area contributed by atoms with E-state index in [1.165, 1.54) is 30.8 Å². The van der Waals surface area contributed by atoms with Crippen molar-refractivity contribution in [2.24, 2.45) is 0 Å². The lowest BCUT2D eigenvalue weighted by Crippen LogP contribution is -2.09. The molecular weight excluding hydrogens is 320 g/mol. The molecule has 6 nitrogen and oxygen atoms in total. The highest BCUT2D eigenvalue weighted by Gasteiger charge is 2.17. The van der Waals surface area contributed by atoms with Crippen LogP contribution >= 0.6 is 11.3 Å². The molecule has 0 amide bonds. The largest absolute Gasteiger partial charge is 0.463 e. The molecule has 0 aliphatic rings. The third-order valence-electron chi connectivity index (χ3n) is 3.08. The van der Waals surface area contributed by atoms with Crippen molar-refractivity contribution in [3.63, 3.8) is 0 Å². The van der Waals surface area contributed by atoms with Gasteiger partial charge in [0.05, 0.1) is 24.7 Å². The van der Waals surface area contributed by atoms with Gasteiger partial charge in [0.15, 0.2) is 5.78 Å². The van der Waals surface area contributed by atoms with Crippen LogP contribution in [0.1, 0.15) is 43.5 Å². The van der Waals surface area contributed by atoms with E-state index in [0.717, 1.165) is 4.88 Å². The Bertz CT molecular complexity index is 712. The van der Waals surface area contributed by atoms with Gasteiger partial charge in [0.25, 0.3) is 0 Å². The van der Waals surface area contributed by atoms with Gasteiger partial charge in [-0.15, -0.1) is 11.3 Å². The SMILES string of the molecule is COC(=O)c1occc1COC(=O)CCC(=O)c1ccc(C)s1. The van der Waals surface area contributed by atoms with E-state index >= 15 is 0 Å². The molecule has 0 atom stereocenters. The Labute approximate surface area is 137 Å². The zero-order valence-electron chi connectivity index (χ0n) is 12.8. The van der Waals surface area contributed by atoms with Crippen LogP contribution in [0.4, 0.5) is 0 Å². The van der Waals surface area contributed by atoms with Crippen molar-refractivity contribution in [3.05, 3.63) is 45.5 Å². The molecule has 0 aliphatic heterocycles. The third-order valence-corrected chi connectivity index (χ3v) is 4.12. The minimum absolute atomic E-state index is 0.00503. The average molecular weight is 336 g/mol. The molecule has 2 rings (SSSR count). The first-order valence-electron chi connectivity index (χ1n) is 6.91. The maximum atomic E-state index is 11.9. The van der Waals surface area contributed by atoms with Crippen LogP contribution in [0, 0.1) is 6.92 Å². The molecule has 0 bridgehead atoms. The van der Waals surface area contributed by atoms with Crippen LogP contribution in [-0.2, 0) is 20.9 Å². The molecule has 0 saturated heterocycles. The van der Waals surface area contributed by atoms with E-state index in [1.807, 2.05) is 13.0 Å². The lowest BCUT2D eigenvalue weighted by molar-refractivity contribution is -0.144. The number of carbonyl (C=O) groups is 3. The fourth-order valence-electron chi connectivity index (χ4n) is 1.87. The summed E-state index contributed by atoms with van der Waals surface area (Å²) in [5.74, 6) is -1.23. The monoisotopic (exact) mass is 336 g/mol. The van der Waals surface area contributed by atoms with E-state index in [1.54, 1.807) is 6.07 Å². The number of rotatable bonds is 7. The maximum Gasteiger partial charge on any atom is 0.374 e. The number of hydrogen-bond donors (Lipinski definition) is 0. The number of thiophene rings is 1. The van der Waals surface area contributed by atoms with Crippen molar-refractivity contribution in [1.29, 1.82) is 0 Å². The number of furan rings is 1. The number of aryl methyl sites for hydroxylation is 1. The summed E-state index contributed by atoms with van der Waals surface area (Å²) >= 11 is 1.40. The van der Waals surface area contributed by atoms with Crippen LogP contribution in [-0.4, -0.2) is 24.8 Å². The number of methoxy groups -OCH3 is 1. The Balaban J connectivity index is 1.81. The molecule has 0 radical (unpaired) electrons. The van der Waals surface area contributed by atoms with E-state index in [2.05, 4.69) is 4.74 Å². The van der Waals surface area contributed by atoms with E-state index in [4.69, 9.17) is 9.15 Å². The second kappa shape index (κ2) is 7.73. The first-order valence-corrected chi connectivity index (χ1v) is 7.73. The Morgan fingerprint density at radius 1 is 1.17 bits per heavy atom.